The van der Waals surface area contributed by atoms with Gasteiger partial charge < -0.3 is 0 Å². The molecule has 7 nitrogen and oxygen atoms in total. The van der Waals surface area contributed by atoms with Gasteiger partial charge in [-0.3, -0.25) is 13.9 Å². The maximum Gasteiger partial charge on any atom is 0.352 e. The summed E-state index contributed by atoms with van der Waals surface area (Å²) in [4.78, 5) is 30.5. The summed E-state index contributed by atoms with van der Waals surface area (Å²) < 4.78 is 18.4. The first-order valence-corrected chi connectivity index (χ1v) is 10.9. The van der Waals surface area contributed by atoms with E-state index in [2.05, 4.69) is 4.98 Å². The lowest BCUT2D eigenvalue weighted by molar-refractivity contribution is 0.582. The second-order valence-electron chi connectivity index (χ2n) is 7.97. The van der Waals surface area contributed by atoms with Crippen LogP contribution in [0.3, 0.4) is 0 Å². The van der Waals surface area contributed by atoms with Gasteiger partial charge in [0.25, 0.3) is 5.56 Å². The van der Waals surface area contributed by atoms with E-state index < -0.39 is 5.69 Å². The first-order chi connectivity index (χ1) is 16.0. The average molecular weight is 443 g/mol. The van der Waals surface area contributed by atoms with Crippen molar-refractivity contribution in [3.63, 3.8) is 0 Å². The minimum Gasteiger partial charge on any atom is -0.278 e. The highest BCUT2D eigenvalue weighted by atomic mass is 19.1. The highest BCUT2D eigenvalue weighted by Crippen LogP contribution is 2.31. The number of unbranched alkanes of at least 4 members (excludes halogenated alkanes) is 1. The lowest BCUT2D eigenvalue weighted by Crippen LogP contribution is -2.38. The summed E-state index contributed by atoms with van der Waals surface area (Å²) in [6.07, 6.45) is 1.55. The van der Waals surface area contributed by atoms with Crippen molar-refractivity contribution in [3.05, 3.63) is 93.0 Å². The molecule has 0 saturated carbocycles. The molecule has 0 atom stereocenters. The van der Waals surface area contributed by atoms with Crippen LogP contribution in [0, 0.1) is 12.7 Å². The van der Waals surface area contributed by atoms with Gasteiger partial charge in [-0.25, -0.2) is 13.9 Å². The minimum atomic E-state index is -0.598. The van der Waals surface area contributed by atoms with Crippen LogP contribution in [-0.4, -0.2) is 23.9 Å². The van der Waals surface area contributed by atoms with Gasteiger partial charge in [-0.1, -0.05) is 31.5 Å². The predicted molar refractivity (Wildman–Crippen MR) is 125 cm³/mol. The standard InChI is InChI=1S/C25H22FN5O2/c1-3-4-14-29-24(32)21-15-20-16(2)28-31(19-8-6-5-7-9-19)23(20)30(22(21)27-25(29)33)18-12-10-17(26)11-13-18/h5-13,15H,3-4,14H2,1-2H3. The Morgan fingerprint density at radius 1 is 0.970 bits per heavy atom. The smallest absolute Gasteiger partial charge is 0.278 e. The van der Waals surface area contributed by atoms with Gasteiger partial charge in [0, 0.05) is 17.6 Å². The molecule has 0 spiro atoms. The summed E-state index contributed by atoms with van der Waals surface area (Å²) in [5.74, 6) is -0.170. The monoisotopic (exact) mass is 443 g/mol. The Bertz CT molecular complexity index is 1550. The molecule has 0 bridgehead atoms. The maximum absolute atomic E-state index is 13.7. The van der Waals surface area contributed by atoms with E-state index in [0.717, 1.165) is 23.2 Å². The highest BCUT2D eigenvalue weighted by molar-refractivity contribution is 5.88. The molecule has 3 aromatic rings. The number of nitrogens with zero attached hydrogens (tertiary/aromatic N) is 5. The molecule has 8 heteroatoms. The molecule has 2 aliphatic heterocycles. The lowest BCUT2D eigenvalue weighted by Gasteiger charge is -2.18. The zero-order valence-corrected chi connectivity index (χ0v) is 18.3. The fourth-order valence-electron chi connectivity index (χ4n) is 4.09. The summed E-state index contributed by atoms with van der Waals surface area (Å²) in [5.41, 5.74) is 2.07. The third-order valence-electron chi connectivity index (χ3n) is 5.76. The van der Waals surface area contributed by atoms with E-state index >= 15 is 0 Å². The Labute approximate surface area is 188 Å². The third kappa shape index (κ3) is 3.44. The molecule has 0 fully saturated rings. The van der Waals surface area contributed by atoms with Crippen molar-refractivity contribution in [2.45, 2.75) is 33.2 Å². The molecular weight excluding hydrogens is 421 g/mol. The number of pyridine rings is 1. The topological polar surface area (TPSA) is 74.7 Å². The molecule has 166 valence electrons. The summed E-state index contributed by atoms with van der Waals surface area (Å²) >= 11 is 0. The van der Waals surface area contributed by atoms with E-state index in [1.54, 1.807) is 27.4 Å². The molecule has 2 aromatic carbocycles. The van der Waals surface area contributed by atoms with E-state index in [1.165, 1.54) is 16.7 Å². The second kappa shape index (κ2) is 8.12. The molecule has 2 aliphatic rings. The van der Waals surface area contributed by atoms with E-state index in [4.69, 9.17) is 5.10 Å². The van der Waals surface area contributed by atoms with Gasteiger partial charge in [-0.2, -0.15) is 10.1 Å². The Hall–Kier alpha value is -4.07. The summed E-state index contributed by atoms with van der Waals surface area (Å²) in [5, 5.41) is 5.46. The SMILES string of the molecule is CCCCn1c(=O)nc2n(-c3ccc(F)cc3)c3c(cc-2c1=O)c(C)nn3-c1ccccc1. The zero-order valence-electron chi connectivity index (χ0n) is 18.3. The Morgan fingerprint density at radius 2 is 1.70 bits per heavy atom. The molecule has 0 N–H and O–H groups in total. The van der Waals surface area contributed by atoms with Crippen LogP contribution in [0.2, 0.25) is 0 Å². The molecule has 0 radical (unpaired) electrons. The molecule has 33 heavy (non-hydrogen) atoms. The van der Waals surface area contributed by atoms with Crippen LogP contribution in [0.1, 0.15) is 25.5 Å². The molecule has 0 unspecified atom stereocenters. The quantitative estimate of drug-likeness (QED) is 0.410. The van der Waals surface area contributed by atoms with Gasteiger partial charge in [0.1, 0.15) is 11.5 Å². The van der Waals surface area contributed by atoms with E-state index in [-0.39, 0.29) is 17.2 Å². The van der Waals surface area contributed by atoms with E-state index in [1.807, 2.05) is 44.2 Å². The summed E-state index contributed by atoms with van der Waals surface area (Å²) in [6, 6.07) is 17.2. The van der Waals surface area contributed by atoms with Crippen LogP contribution in [0.25, 0.3) is 33.8 Å². The highest BCUT2D eigenvalue weighted by Gasteiger charge is 2.24. The molecule has 0 saturated heterocycles. The largest absolute Gasteiger partial charge is 0.352 e. The molecule has 3 heterocycles. The number of aryl methyl sites for hydroxylation is 1. The lowest BCUT2D eigenvalue weighted by atomic mass is 10.1. The van der Waals surface area contributed by atoms with E-state index in [0.29, 0.717) is 29.9 Å². The molecule has 1 aromatic heterocycles. The van der Waals surface area contributed by atoms with Crippen molar-refractivity contribution in [2.24, 2.45) is 0 Å². The van der Waals surface area contributed by atoms with Crippen molar-refractivity contribution in [1.82, 2.24) is 23.9 Å². The van der Waals surface area contributed by atoms with Crippen molar-refractivity contribution >= 4 is 11.0 Å². The van der Waals surface area contributed by atoms with E-state index in [9.17, 15) is 14.0 Å². The summed E-state index contributed by atoms with van der Waals surface area (Å²) in [6.45, 7) is 4.18. The average Bonchev–Trinajstić information content (AvgIpc) is 3.15. The number of hydrogen-bond acceptors (Lipinski definition) is 4. The Morgan fingerprint density at radius 3 is 2.39 bits per heavy atom. The van der Waals surface area contributed by atoms with Gasteiger partial charge in [-0.05, 0) is 55.8 Å². The van der Waals surface area contributed by atoms with Gasteiger partial charge in [0.05, 0.1) is 16.9 Å². The number of fused-ring (bicyclic) bond motifs is 2. The van der Waals surface area contributed by atoms with Gasteiger partial charge >= 0.3 is 5.69 Å². The number of rotatable bonds is 5. The van der Waals surface area contributed by atoms with Gasteiger partial charge in [0.15, 0.2) is 5.82 Å². The van der Waals surface area contributed by atoms with Crippen LogP contribution in [-0.2, 0) is 6.54 Å². The molecule has 5 rings (SSSR count). The van der Waals surface area contributed by atoms with Crippen LogP contribution in [0.4, 0.5) is 4.39 Å². The van der Waals surface area contributed by atoms with Crippen molar-refractivity contribution in [3.8, 4) is 22.8 Å². The zero-order chi connectivity index (χ0) is 23.1. The maximum atomic E-state index is 13.7. The number of halogens is 1. The predicted octanol–water partition coefficient (Wildman–Crippen LogP) is 4.09. The first kappa shape index (κ1) is 20.8. The number of benzene rings is 2. The Kier molecular flexibility index (Phi) is 5.12. The third-order valence-corrected chi connectivity index (χ3v) is 5.76. The van der Waals surface area contributed by atoms with Crippen LogP contribution >= 0.6 is 0 Å². The first-order valence-electron chi connectivity index (χ1n) is 10.9. The molecular formula is C25H22FN5O2. The Balaban J connectivity index is 1.95. The summed E-state index contributed by atoms with van der Waals surface area (Å²) in [7, 11) is 0. The number of aromatic nitrogens is 5. The molecule has 0 amide bonds. The normalized spacial score (nSPS) is 11.5. The van der Waals surface area contributed by atoms with Crippen LogP contribution < -0.4 is 11.2 Å². The number of hydrogen-bond donors (Lipinski definition) is 0. The van der Waals surface area contributed by atoms with Crippen molar-refractivity contribution in [1.29, 1.82) is 0 Å². The van der Waals surface area contributed by atoms with Crippen molar-refractivity contribution < 1.29 is 4.39 Å². The fraction of sp³-hybridized carbons (Fsp3) is 0.200. The van der Waals surface area contributed by atoms with Crippen LogP contribution in [0.15, 0.2) is 70.3 Å². The van der Waals surface area contributed by atoms with Gasteiger partial charge in [-0.15, -0.1) is 0 Å². The minimum absolute atomic E-state index is 0.217. The van der Waals surface area contributed by atoms with Crippen molar-refractivity contribution in [2.75, 3.05) is 0 Å². The number of para-hydroxylation sites is 1. The molecule has 0 aliphatic carbocycles. The van der Waals surface area contributed by atoms with Gasteiger partial charge in [0.2, 0.25) is 0 Å². The second-order valence-corrected chi connectivity index (χ2v) is 7.97. The van der Waals surface area contributed by atoms with Crippen LogP contribution in [0.5, 0.6) is 0 Å². The fourth-order valence-corrected chi connectivity index (χ4v) is 4.09.